The Hall–Kier alpha value is -1.95. The zero-order valence-corrected chi connectivity index (χ0v) is 9.38. The summed E-state index contributed by atoms with van der Waals surface area (Å²) in [6.07, 6.45) is 3.48. The van der Waals surface area contributed by atoms with Crippen molar-refractivity contribution in [3.05, 3.63) is 24.2 Å². The zero-order chi connectivity index (χ0) is 11.1. The van der Waals surface area contributed by atoms with Gasteiger partial charge in [-0.25, -0.2) is 9.97 Å². The van der Waals surface area contributed by atoms with Crippen molar-refractivity contribution in [3.63, 3.8) is 0 Å². The molecule has 0 unspecified atom stereocenters. The van der Waals surface area contributed by atoms with E-state index in [9.17, 15) is 0 Å². The standard InChI is InChI=1S/C10H9N5S/c1-5-8(16-10(11)13-5)9-14-6-2-3-12-4-7(6)15-9/h2-4H,1H3,(H2,11,13)(H,14,15). The van der Waals surface area contributed by atoms with Crippen LogP contribution in [-0.2, 0) is 0 Å². The van der Waals surface area contributed by atoms with Crippen LogP contribution >= 0.6 is 11.3 Å². The number of aromatic nitrogens is 4. The molecule has 0 saturated heterocycles. The number of nitrogens with zero attached hydrogens (tertiary/aromatic N) is 3. The fourth-order valence-electron chi connectivity index (χ4n) is 1.60. The fraction of sp³-hybridized carbons (Fsp3) is 0.100. The minimum absolute atomic E-state index is 0.561. The van der Waals surface area contributed by atoms with Gasteiger partial charge in [0.2, 0.25) is 0 Å². The van der Waals surface area contributed by atoms with Crippen molar-refractivity contribution in [2.45, 2.75) is 6.92 Å². The summed E-state index contributed by atoms with van der Waals surface area (Å²) in [5.41, 5.74) is 8.38. The highest BCUT2D eigenvalue weighted by Crippen LogP contribution is 2.30. The summed E-state index contributed by atoms with van der Waals surface area (Å²) in [4.78, 5) is 16.9. The lowest BCUT2D eigenvalue weighted by Gasteiger charge is -1.89. The Balaban J connectivity index is 2.22. The largest absolute Gasteiger partial charge is 0.375 e. The zero-order valence-electron chi connectivity index (χ0n) is 8.56. The highest BCUT2D eigenvalue weighted by molar-refractivity contribution is 7.18. The third-order valence-corrected chi connectivity index (χ3v) is 3.30. The van der Waals surface area contributed by atoms with Crippen molar-refractivity contribution >= 4 is 27.5 Å². The first kappa shape index (κ1) is 9.29. The Bertz CT molecular complexity index is 621. The lowest BCUT2D eigenvalue weighted by molar-refractivity contribution is 1.25. The summed E-state index contributed by atoms with van der Waals surface area (Å²) in [5, 5.41) is 0.561. The van der Waals surface area contributed by atoms with Gasteiger partial charge >= 0.3 is 0 Å². The molecule has 16 heavy (non-hydrogen) atoms. The summed E-state index contributed by atoms with van der Waals surface area (Å²) in [5.74, 6) is 0.801. The normalized spacial score (nSPS) is 11.1. The van der Waals surface area contributed by atoms with Gasteiger partial charge in [-0.05, 0) is 13.0 Å². The monoisotopic (exact) mass is 231 g/mol. The highest BCUT2D eigenvalue weighted by atomic mass is 32.1. The van der Waals surface area contributed by atoms with Crippen molar-refractivity contribution in [2.24, 2.45) is 0 Å². The second-order valence-corrected chi connectivity index (χ2v) is 4.48. The van der Waals surface area contributed by atoms with Crippen LogP contribution < -0.4 is 5.73 Å². The molecule has 0 saturated carbocycles. The molecule has 0 amide bonds. The minimum atomic E-state index is 0.561. The Kier molecular flexibility index (Phi) is 1.90. The molecule has 6 heteroatoms. The number of anilines is 1. The minimum Gasteiger partial charge on any atom is -0.375 e. The van der Waals surface area contributed by atoms with Gasteiger partial charge in [0.1, 0.15) is 0 Å². The van der Waals surface area contributed by atoms with Gasteiger partial charge in [-0.15, -0.1) is 0 Å². The van der Waals surface area contributed by atoms with Crippen molar-refractivity contribution in [3.8, 4) is 10.7 Å². The van der Waals surface area contributed by atoms with E-state index in [2.05, 4.69) is 19.9 Å². The van der Waals surface area contributed by atoms with Crippen LogP contribution in [0.1, 0.15) is 5.69 Å². The molecule has 3 aromatic rings. The van der Waals surface area contributed by atoms with Gasteiger partial charge in [-0.1, -0.05) is 11.3 Å². The number of nitrogens with one attached hydrogen (secondary N) is 1. The van der Waals surface area contributed by atoms with Crippen LogP contribution in [-0.4, -0.2) is 19.9 Å². The van der Waals surface area contributed by atoms with Crippen molar-refractivity contribution in [1.82, 2.24) is 19.9 Å². The highest BCUT2D eigenvalue weighted by Gasteiger charge is 2.11. The summed E-state index contributed by atoms with van der Waals surface area (Å²) in [7, 11) is 0. The molecule has 0 atom stereocenters. The van der Waals surface area contributed by atoms with Crippen LogP contribution in [0.4, 0.5) is 5.13 Å². The average Bonchev–Trinajstić information content (AvgIpc) is 2.81. The Morgan fingerprint density at radius 1 is 1.38 bits per heavy atom. The van der Waals surface area contributed by atoms with Gasteiger partial charge in [-0.2, -0.15) is 0 Å². The van der Waals surface area contributed by atoms with E-state index in [1.54, 1.807) is 12.4 Å². The molecule has 0 aromatic carbocycles. The second kappa shape index (κ2) is 3.28. The lowest BCUT2D eigenvalue weighted by Crippen LogP contribution is -1.81. The second-order valence-electron chi connectivity index (χ2n) is 3.44. The Morgan fingerprint density at radius 2 is 2.25 bits per heavy atom. The lowest BCUT2D eigenvalue weighted by atomic mass is 10.4. The molecule has 3 heterocycles. The van der Waals surface area contributed by atoms with Crippen molar-refractivity contribution in [2.75, 3.05) is 5.73 Å². The predicted octanol–water partition coefficient (Wildman–Crippen LogP) is 1.97. The molecular weight excluding hydrogens is 222 g/mol. The molecule has 5 nitrogen and oxygen atoms in total. The number of pyridine rings is 1. The van der Waals surface area contributed by atoms with E-state index in [1.807, 2.05) is 13.0 Å². The van der Waals surface area contributed by atoms with Gasteiger partial charge in [0.05, 0.1) is 27.8 Å². The van der Waals surface area contributed by atoms with E-state index in [-0.39, 0.29) is 0 Å². The number of nitrogen functional groups attached to an aromatic ring is 1. The third-order valence-electron chi connectivity index (χ3n) is 2.31. The smallest absolute Gasteiger partial charge is 0.180 e. The molecule has 3 N–H and O–H groups in total. The maximum absolute atomic E-state index is 5.66. The van der Waals surface area contributed by atoms with Gasteiger partial charge in [-0.3, -0.25) is 4.98 Å². The molecule has 0 spiro atoms. The molecular formula is C10H9N5S. The summed E-state index contributed by atoms with van der Waals surface area (Å²) in [6, 6.07) is 1.87. The van der Waals surface area contributed by atoms with E-state index in [4.69, 9.17) is 5.73 Å². The molecule has 3 rings (SSSR count). The van der Waals surface area contributed by atoms with Crippen LogP contribution in [0.3, 0.4) is 0 Å². The molecule has 0 bridgehead atoms. The molecule has 0 aliphatic rings. The number of thiazole rings is 1. The van der Waals surface area contributed by atoms with Crippen molar-refractivity contribution < 1.29 is 0 Å². The number of aromatic amines is 1. The maximum atomic E-state index is 5.66. The summed E-state index contributed by atoms with van der Waals surface area (Å²) in [6.45, 7) is 1.92. The third kappa shape index (κ3) is 1.35. The van der Waals surface area contributed by atoms with Crippen LogP contribution in [0.15, 0.2) is 18.5 Å². The molecule has 0 radical (unpaired) electrons. The van der Waals surface area contributed by atoms with E-state index in [1.165, 1.54) is 11.3 Å². The molecule has 0 fully saturated rings. The van der Waals surface area contributed by atoms with Crippen LogP contribution in [0.5, 0.6) is 0 Å². The van der Waals surface area contributed by atoms with Gasteiger partial charge in [0.15, 0.2) is 11.0 Å². The number of rotatable bonds is 1. The summed E-state index contributed by atoms with van der Waals surface area (Å²) < 4.78 is 0. The van der Waals surface area contributed by atoms with Gasteiger partial charge < -0.3 is 10.7 Å². The number of H-pyrrole nitrogens is 1. The number of hydrogen-bond acceptors (Lipinski definition) is 5. The number of nitrogens with two attached hydrogens (primary N) is 1. The van der Waals surface area contributed by atoms with Gasteiger partial charge in [0.25, 0.3) is 0 Å². The topological polar surface area (TPSA) is 80.5 Å². The Labute approximate surface area is 95.4 Å². The molecule has 0 aliphatic carbocycles. The number of hydrogen-bond donors (Lipinski definition) is 2. The molecule has 0 aliphatic heterocycles. The van der Waals surface area contributed by atoms with Crippen LogP contribution in [0.2, 0.25) is 0 Å². The quantitative estimate of drug-likeness (QED) is 0.671. The Morgan fingerprint density at radius 3 is 2.94 bits per heavy atom. The number of aryl methyl sites for hydroxylation is 1. The first-order chi connectivity index (χ1) is 7.74. The van der Waals surface area contributed by atoms with E-state index in [0.717, 1.165) is 27.4 Å². The SMILES string of the molecule is Cc1nc(N)sc1-c1nc2ccncc2[nH]1. The summed E-state index contributed by atoms with van der Waals surface area (Å²) >= 11 is 1.44. The van der Waals surface area contributed by atoms with E-state index < -0.39 is 0 Å². The first-order valence-electron chi connectivity index (χ1n) is 4.77. The molecule has 3 aromatic heterocycles. The maximum Gasteiger partial charge on any atom is 0.180 e. The van der Waals surface area contributed by atoms with Gasteiger partial charge in [0, 0.05) is 6.20 Å². The predicted molar refractivity (Wildman–Crippen MR) is 64.1 cm³/mol. The van der Waals surface area contributed by atoms with E-state index >= 15 is 0 Å². The van der Waals surface area contributed by atoms with Crippen LogP contribution in [0, 0.1) is 6.92 Å². The first-order valence-corrected chi connectivity index (χ1v) is 5.58. The average molecular weight is 231 g/mol. The molecule has 80 valence electrons. The number of imidazole rings is 1. The number of fused-ring (bicyclic) bond motifs is 1. The van der Waals surface area contributed by atoms with E-state index in [0.29, 0.717) is 5.13 Å². The van der Waals surface area contributed by atoms with Crippen LogP contribution in [0.25, 0.3) is 21.7 Å². The fourth-order valence-corrected chi connectivity index (χ4v) is 2.38. The van der Waals surface area contributed by atoms with Crippen molar-refractivity contribution in [1.29, 1.82) is 0 Å².